The molecule has 2 heteroatoms. The summed E-state index contributed by atoms with van der Waals surface area (Å²) in [6.45, 7) is 6.70. The van der Waals surface area contributed by atoms with Gasteiger partial charge in [0.05, 0.1) is 0 Å². The highest BCUT2D eigenvalue weighted by molar-refractivity contribution is 5.18. The minimum Gasteiger partial charge on any atom is -0.241 e. The van der Waals surface area contributed by atoms with E-state index in [0.717, 1.165) is 24.2 Å². The van der Waals surface area contributed by atoms with Crippen LogP contribution < -0.4 is 0 Å². The third-order valence-corrected chi connectivity index (χ3v) is 3.72. The first-order chi connectivity index (χ1) is 9.16. The summed E-state index contributed by atoms with van der Waals surface area (Å²) >= 11 is 0. The largest absolute Gasteiger partial charge is 0.241 e. The van der Waals surface area contributed by atoms with Crippen molar-refractivity contribution < 1.29 is 0 Å². The molecule has 1 aromatic carbocycles. The second kappa shape index (κ2) is 6.46. The van der Waals surface area contributed by atoms with Gasteiger partial charge in [-0.2, -0.15) is 0 Å². The highest BCUT2D eigenvalue weighted by Crippen LogP contribution is 2.21. The van der Waals surface area contributed by atoms with Crippen molar-refractivity contribution >= 4 is 0 Å². The maximum atomic E-state index is 4.40. The van der Waals surface area contributed by atoms with Crippen molar-refractivity contribution in [3.63, 3.8) is 0 Å². The van der Waals surface area contributed by atoms with Crippen LogP contribution in [0.5, 0.6) is 0 Å². The van der Waals surface area contributed by atoms with Crippen molar-refractivity contribution in [2.24, 2.45) is 5.92 Å². The van der Waals surface area contributed by atoms with Gasteiger partial charge < -0.3 is 0 Å². The molecule has 0 bridgehead atoms. The van der Waals surface area contributed by atoms with E-state index in [1.54, 1.807) is 6.33 Å². The molecule has 0 saturated carbocycles. The van der Waals surface area contributed by atoms with Crippen molar-refractivity contribution in [3.05, 3.63) is 59.7 Å². The number of nitrogens with zero attached hydrogens (tertiary/aromatic N) is 2. The van der Waals surface area contributed by atoms with Gasteiger partial charge in [0.2, 0.25) is 0 Å². The Balaban J connectivity index is 2.03. The zero-order valence-electron chi connectivity index (χ0n) is 12.0. The second-order valence-electron chi connectivity index (χ2n) is 5.45. The molecule has 0 amide bonds. The molecule has 1 aromatic heterocycles. The van der Waals surface area contributed by atoms with Crippen LogP contribution in [0.15, 0.2) is 42.7 Å². The Labute approximate surface area is 115 Å². The highest BCUT2D eigenvalue weighted by atomic mass is 14.8. The normalized spacial score (nSPS) is 12.6. The maximum absolute atomic E-state index is 4.40. The average Bonchev–Trinajstić information content (AvgIpc) is 2.45. The van der Waals surface area contributed by atoms with Crippen LogP contribution in [0.2, 0.25) is 0 Å². The Hall–Kier alpha value is -1.70. The number of rotatable bonds is 5. The van der Waals surface area contributed by atoms with Gasteiger partial charge in [0.25, 0.3) is 0 Å². The zero-order chi connectivity index (χ0) is 13.7. The molecule has 0 aliphatic heterocycles. The minimum atomic E-state index is 0.485. The molecule has 2 nitrogen and oxygen atoms in total. The van der Waals surface area contributed by atoms with Crippen LogP contribution in [-0.2, 0) is 12.8 Å². The molecular formula is C17H22N2. The SMILES string of the molecule is CC(C)C(C)c1cc(CCc2ccccc2)ncn1. The number of hydrogen-bond donors (Lipinski definition) is 0. The summed E-state index contributed by atoms with van der Waals surface area (Å²) in [5.74, 6) is 1.09. The van der Waals surface area contributed by atoms with Crippen molar-refractivity contribution in [1.29, 1.82) is 0 Å². The average molecular weight is 254 g/mol. The van der Waals surface area contributed by atoms with Crippen LogP contribution >= 0.6 is 0 Å². The molecular weight excluding hydrogens is 232 g/mol. The molecule has 1 unspecified atom stereocenters. The summed E-state index contributed by atoms with van der Waals surface area (Å²) in [6.07, 6.45) is 3.71. The fourth-order valence-corrected chi connectivity index (χ4v) is 2.06. The summed E-state index contributed by atoms with van der Waals surface area (Å²) in [4.78, 5) is 8.79. The summed E-state index contributed by atoms with van der Waals surface area (Å²) in [5, 5.41) is 0. The van der Waals surface area contributed by atoms with Crippen LogP contribution in [0.1, 0.15) is 43.6 Å². The topological polar surface area (TPSA) is 25.8 Å². The van der Waals surface area contributed by atoms with Gasteiger partial charge in [-0.05, 0) is 30.4 Å². The number of hydrogen-bond acceptors (Lipinski definition) is 2. The molecule has 0 spiro atoms. The van der Waals surface area contributed by atoms with Crippen molar-refractivity contribution in [2.75, 3.05) is 0 Å². The van der Waals surface area contributed by atoms with E-state index in [0.29, 0.717) is 11.8 Å². The minimum absolute atomic E-state index is 0.485. The molecule has 0 N–H and O–H groups in total. The van der Waals surface area contributed by atoms with Gasteiger partial charge in [0.1, 0.15) is 6.33 Å². The van der Waals surface area contributed by atoms with Crippen molar-refractivity contribution in [1.82, 2.24) is 9.97 Å². The molecule has 0 fully saturated rings. The van der Waals surface area contributed by atoms with Crippen molar-refractivity contribution in [3.8, 4) is 0 Å². The summed E-state index contributed by atoms with van der Waals surface area (Å²) in [7, 11) is 0. The van der Waals surface area contributed by atoms with Gasteiger partial charge in [-0.3, -0.25) is 0 Å². The molecule has 0 saturated heterocycles. The van der Waals surface area contributed by atoms with E-state index in [1.807, 2.05) is 0 Å². The number of aryl methyl sites for hydroxylation is 2. The lowest BCUT2D eigenvalue weighted by molar-refractivity contribution is 0.521. The van der Waals surface area contributed by atoms with Gasteiger partial charge in [0, 0.05) is 17.3 Å². The van der Waals surface area contributed by atoms with Gasteiger partial charge in [-0.15, -0.1) is 0 Å². The molecule has 19 heavy (non-hydrogen) atoms. The Morgan fingerprint density at radius 3 is 2.37 bits per heavy atom. The Morgan fingerprint density at radius 1 is 0.947 bits per heavy atom. The van der Waals surface area contributed by atoms with Crippen molar-refractivity contribution in [2.45, 2.75) is 39.5 Å². The second-order valence-corrected chi connectivity index (χ2v) is 5.45. The van der Waals surface area contributed by atoms with Crippen LogP contribution in [0.4, 0.5) is 0 Å². The molecule has 100 valence electrons. The van der Waals surface area contributed by atoms with E-state index in [1.165, 1.54) is 5.56 Å². The van der Waals surface area contributed by atoms with Gasteiger partial charge in [-0.25, -0.2) is 9.97 Å². The van der Waals surface area contributed by atoms with Gasteiger partial charge >= 0.3 is 0 Å². The quantitative estimate of drug-likeness (QED) is 0.805. The van der Waals surface area contributed by atoms with Crippen LogP contribution in [0.25, 0.3) is 0 Å². The molecule has 0 aliphatic carbocycles. The summed E-state index contributed by atoms with van der Waals surface area (Å²) in [5.41, 5.74) is 3.66. The molecule has 0 radical (unpaired) electrons. The highest BCUT2D eigenvalue weighted by Gasteiger charge is 2.12. The fourth-order valence-electron chi connectivity index (χ4n) is 2.06. The van der Waals surface area contributed by atoms with Crippen LogP contribution in [-0.4, -0.2) is 9.97 Å². The number of aromatic nitrogens is 2. The fraction of sp³-hybridized carbons (Fsp3) is 0.412. The third kappa shape index (κ3) is 3.88. The van der Waals surface area contributed by atoms with E-state index in [2.05, 4.69) is 67.1 Å². The first-order valence-corrected chi connectivity index (χ1v) is 7.01. The molecule has 2 aromatic rings. The van der Waals surface area contributed by atoms with E-state index in [4.69, 9.17) is 0 Å². The summed E-state index contributed by atoms with van der Waals surface area (Å²) < 4.78 is 0. The van der Waals surface area contributed by atoms with Crippen LogP contribution in [0.3, 0.4) is 0 Å². The lowest BCUT2D eigenvalue weighted by Gasteiger charge is -2.15. The van der Waals surface area contributed by atoms with Gasteiger partial charge in [0.15, 0.2) is 0 Å². The van der Waals surface area contributed by atoms with E-state index in [-0.39, 0.29) is 0 Å². The maximum Gasteiger partial charge on any atom is 0.115 e. The van der Waals surface area contributed by atoms with E-state index in [9.17, 15) is 0 Å². The predicted octanol–water partition coefficient (Wildman–Crippen LogP) is 4.02. The Kier molecular flexibility index (Phi) is 4.67. The lowest BCUT2D eigenvalue weighted by Crippen LogP contribution is -2.06. The van der Waals surface area contributed by atoms with E-state index >= 15 is 0 Å². The lowest BCUT2D eigenvalue weighted by atomic mass is 9.94. The standard InChI is InChI=1S/C17H22N2/c1-13(2)14(3)17-11-16(18-12-19-17)10-9-15-7-5-4-6-8-15/h4-8,11-14H,9-10H2,1-3H3. The first-order valence-electron chi connectivity index (χ1n) is 7.01. The number of benzene rings is 1. The van der Waals surface area contributed by atoms with Crippen LogP contribution in [0, 0.1) is 5.92 Å². The van der Waals surface area contributed by atoms with E-state index < -0.39 is 0 Å². The molecule has 1 atom stereocenters. The van der Waals surface area contributed by atoms with Gasteiger partial charge in [-0.1, -0.05) is 51.1 Å². The Bertz CT molecular complexity index is 506. The zero-order valence-corrected chi connectivity index (χ0v) is 12.0. The monoisotopic (exact) mass is 254 g/mol. The predicted molar refractivity (Wildman–Crippen MR) is 79.1 cm³/mol. The first kappa shape index (κ1) is 13.7. The molecule has 0 aliphatic rings. The molecule has 2 rings (SSSR count). The Morgan fingerprint density at radius 2 is 1.68 bits per heavy atom. The summed E-state index contributed by atoms with van der Waals surface area (Å²) in [6, 6.07) is 12.7. The smallest absolute Gasteiger partial charge is 0.115 e. The third-order valence-electron chi connectivity index (χ3n) is 3.72. The molecule has 1 heterocycles.